The first kappa shape index (κ1) is 12.7. The average molecular weight is 268 g/mol. The number of methoxy groups -OCH3 is 1. The van der Waals surface area contributed by atoms with Crippen molar-refractivity contribution >= 4 is 11.5 Å². The number of fused-ring (bicyclic) bond motifs is 1. The first-order valence-corrected chi connectivity index (χ1v) is 6.70. The molecule has 1 aliphatic rings. The van der Waals surface area contributed by atoms with Crippen LogP contribution < -0.4 is 10.1 Å². The molecule has 0 bridgehead atoms. The SMILES string of the molecule is COc1cccnc1C(=O)c1ccc2c(c1)CCCN2. The highest BCUT2D eigenvalue weighted by molar-refractivity contribution is 6.09. The Bertz CT molecular complexity index is 653. The molecule has 2 heterocycles. The summed E-state index contributed by atoms with van der Waals surface area (Å²) in [6.07, 6.45) is 3.70. The predicted molar refractivity (Wildman–Crippen MR) is 77.5 cm³/mol. The number of nitrogens with one attached hydrogen (secondary N) is 1. The molecule has 0 radical (unpaired) electrons. The third-order valence-electron chi connectivity index (χ3n) is 3.51. The molecule has 0 unspecified atom stereocenters. The van der Waals surface area contributed by atoms with E-state index in [1.54, 1.807) is 25.4 Å². The molecule has 2 aromatic rings. The third-order valence-corrected chi connectivity index (χ3v) is 3.51. The van der Waals surface area contributed by atoms with Gasteiger partial charge in [0.1, 0.15) is 5.75 Å². The molecule has 0 amide bonds. The van der Waals surface area contributed by atoms with Crippen molar-refractivity contribution in [1.82, 2.24) is 4.98 Å². The van der Waals surface area contributed by atoms with Crippen molar-refractivity contribution in [3.8, 4) is 5.75 Å². The summed E-state index contributed by atoms with van der Waals surface area (Å²) < 4.78 is 5.20. The Hall–Kier alpha value is -2.36. The summed E-state index contributed by atoms with van der Waals surface area (Å²) in [7, 11) is 1.55. The summed E-state index contributed by atoms with van der Waals surface area (Å²) in [4.78, 5) is 16.7. The molecule has 0 saturated carbocycles. The van der Waals surface area contributed by atoms with Gasteiger partial charge in [0.15, 0.2) is 5.69 Å². The predicted octanol–water partition coefficient (Wildman–Crippen LogP) is 2.68. The van der Waals surface area contributed by atoms with Gasteiger partial charge in [-0.25, -0.2) is 4.98 Å². The van der Waals surface area contributed by atoms with Gasteiger partial charge in [-0.2, -0.15) is 0 Å². The molecule has 1 N–H and O–H groups in total. The molecule has 0 saturated heterocycles. The van der Waals surface area contributed by atoms with Gasteiger partial charge in [-0.15, -0.1) is 0 Å². The maximum absolute atomic E-state index is 12.5. The fourth-order valence-electron chi connectivity index (χ4n) is 2.48. The van der Waals surface area contributed by atoms with Crippen LogP contribution in [-0.2, 0) is 6.42 Å². The van der Waals surface area contributed by atoms with Crippen molar-refractivity contribution in [1.29, 1.82) is 0 Å². The molecule has 4 nitrogen and oxygen atoms in total. The minimum atomic E-state index is -0.101. The summed E-state index contributed by atoms with van der Waals surface area (Å²) in [5.74, 6) is 0.407. The molecule has 0 fully saturated rings. The number of hydrogen-bond acceptors (Lipinski definition) is 4. The molecule has 1 aromatic carbocycles. The smallest absolute Gasteiger partial charge is 0.215 e. The van der Waals surface area contributed by atoms with E-state index in [4.69, 9.17) is 4.74 Å². The minimum Gasteiger partial charge on any atom is -0.494 e. The van der Waals surface area contributed by atoms with E-state index < -0.39 is 0 Å². The molecule has 1 aliphatic heterocycles. The molecule has 0 spiro atoms. The molecule has 0 aliphatic carbocycles. The topological polar surface area (TPSA) is 51.2 Å². The van der Waals surface area contributed by atoms with E-state index >= 15 is 0 Å². The molecule has 0 atom stereocenters. The highest BCUT2D eigenvalue weighted by Crippen LogP contribution is 2.25. The Labute approximate surface area is 117 Å². The maximum atomic E-state index is 12.5. The number of benzene rings is 1. The van der Waals surface area contributed by atoms with Crippen LogP contribution in [0, 0.1) is 0 Å². The molecular formula is C16H16N2O2. The number of hydrogen-bond donors (Lipinski definition) is 1. The molecule has 102 valence electrons. The van der Waals surface area contributed by atoms with Crippen LogP contribution in [0.5, 0.6) is 5.75 Å². The number of nitrogens with zero attached hydrogens (tertiary/aromatic N) is 1. The number of ether oxygens (including phenoxy) is 1. The van der Waals surface area contributed by atoms with Gasteiger partial charge in [-0.3, -0.25) is 4.79 Å². The lowest BCUT2D eigenvalue weighted by atomic mass is 9.98. The van der Waals surface area contributed by atoms with Crippen molar-refractivity contribution in [2.45, 2.75) is 12.8 Å². The number of rotatable bonds is 3. The Morgan fingerprint density at radius 3 is 3.10 bits per heavy atom. The number of carbonyl (C=O) groups excluding carboxylic acids is 1. The zero-order chi connectivity index (χ0) is 13.9. The molecule has 20 heavy (non-hydrogen) atoms. The fourth-order valence-corrected chi connectivity index (χ4v) is 2.48. The van der Waals surface area contributed by atoms with Crippen LogP contribution in [-0.4, -0.2) is 24.4 Å². The van der Waals surface area contributed by atoms with Crippen LogP contribution >= 0.6 is 0 Å². The highest BCUT2D eigenvalue weighted by atomic mass is 16.5. The Kier molecular flexibility index (Phi) is 3.37. The zero-order valence-electron chi connectivity index (χ0n) is 11.3. The molecule has 4 heteroatoms. The van der Waals surface area contributed by atoms with Crippen LogP contribution in [0.1, 0.15) is 28.0 Å². The Morgan fingerprint density at radius 2 is 2.25 bits per heavy atom. The summed E-state index contributed by atoms with van der Waals surface area (Å²) in [6.45, 7) is 0.994. The standard InChI is InChI=1S/C16H16N2O2/c1-20-14-5-3-9-18-15(14)16(19)12-6-7-13-11(10-12)4-2-8-17-13/h3,5-7,9-10,17H,2,4,8H2,1H3. The lowest BCUT2D eigenvalue weighted by Gasteiger charge is -2.18. The van der Waals surface area contributed by atoms with Gasteiger partial charge in [0.2, 0.25) is 5.78 Å². The summed E-state index contributed by atoms with van der Waals surface area (Å²) in [6, 6.07) is 9.27. The maximum Gasteiger partial charge on any atom is 0.215 e. The normalized spacial score (nSPS) is 13.2. The molecule has 3 rings (SSSR count). The van der Waals surface area contributed by atoms with Crippen LogP contribution in [0.25, 0.3) is 0 Å². The van der Waals surface area contributed by atoms with Gasteiger partial charge >= 0.3 is 0 Å². The van der Waals surface area contributed by atoms with Crippen molar-refractivity contribution in [2.24, 2.45) is 0 Å². The Balaban J connectivity index is 1.98. The third kappa shape index (κ3) is 2.25. The van der Waals surface area contributed by atoms with E-state index in [0.29, 0.717) is 17.0 Å². The highest BCUT2D eigenvalue weighted by Gasteiger charge is 2.18. The van der Waals surface area contributed by atoms with Gasteiger partial charge in [-0.05, 0) is 48.7 Å². The number of aryl methyl sites for hydroxylation is 1. The van der Waals surface area contributed by atoms with E-state index in [1.165, 1.54) is 5.56 Å². The van der Waals surface area contributed by atoms with Crippen molar-refractivity contribution in [2.75, 3.05) is 19.0 Å². The number of ketones is 1. The zero-order valence-corrected chi connectivity index (χ0v) is 11.3. The minimum absolute atomic E-state index is 0.101. The van der Waals surface area contributed by atoms with Crippen LogP contribution in [0.4, 0.5) is 5.69 Å². The number of carbonyl (C=O) groups is 1. The number of anilines is 1. The molecule has 1 aromatic heterocycles. The fraction of sp³-hybridized carbons (Fsp3) is 0.250. The first-order chi connectivity index (χ1) is 9.79. The monoisotopic (exact) mass is 268 g/mol. The number of pyridine rings is 1. The quantitative estimate of drug-likeness (QED) is 0.870. The second-order valence-corrected chi connectivity index (χ2v) is 4.79. The van der Waals surface area contributed by atoms with E-state index in [9.17, 15) is 4.79 Å². The van der Waals surface area contributed by atoms with E-state index in [1.807, 2.05) is 18.2 Å². The summed E-state index contributed by atoms with van der Waals surface area (Å²) in [5, 5.41) is 3.34. The number of aromatic nitrogens is 1. The Morgan fingerprint density at radius 1 is 1.35 bits per heavy atom. The van der Waals surface area contributed by atoms with Crippen LogP contribution in [0.2, 0.25) is 0 Å². The lowest BCUT2D eigenvalue weighted by molar-refractivity contribution is 0.103. The van der Waals surface area contributed by atoms with Gasteiger partial charge in [-0.1, -0.05) is 0 Å². The largest absolute Gasteiger partial charge is 0.494 e. The van der Waals surface area contributed by atoms with Crippen molar-refractivity contribution in [3.63, 3.8) is 0 Å². The van der Waals surface area contributed by atoms with Crippen molar-refractivity contribution in [3.05, 3.63) is 53.3 Å². The van der Waals surface area contributed by atoms with E-state index in [0.717, 1.165) is 25.1 Å². The van der Waals surface area contributed by atoms with Gasteiger partial charge < -0.3 is 10.1 Å². The lowest BCUT2D eigenvalue weighted by Crippen LogP contribution is -2.13. The molecular weight excluding hydrogens is 252 g/mol. The second kappa shape index (κ2) is 5.33. The van der Waals surface area contributed by atoms with E-state index in [-0.39, 0.29) is 5.78 Å². The first-order valence-electron chi connectivity index (χ1n) is 6.70. The second-order valence-electron chi connectivity index (χ2n) is 4.79. The average Bonchev–Trinajstić information content (AvgIpc) is 2.53. The van der Waals surface area contributed by atoms with Crippen LogP contribution in [0.15, 0.2) is 36.5 Å². The van der Waals surface area contributed by atoms with E-state index in [2.05, 4.69) is 10.3 Å². The summed E-state index contributed by atoms with van der Waals surface area (Å²) >= 11 is 0. The van der Waals surface area contributed by atoms with Gasteiger partial charge in [0.05, 0.1) is 7.11 Å². The van der Waals surface area contributed by atoms with Crippen molar-refractivity contribution < 1.29 is 9.53 Å². The van der Waals surface area contributed by atoms with Gasteiger partial charge in [0, 0.05) is 24.0 Å². The van der Waals surface area contributed by atoms with Gasteiger partial charge in [0.25, 0.3) is 0 Å². The van der Waals surface area contributed by atoms with Crippen LogP contribution in [0.3, 0.4) is 0 Å². The summed E-state index contributed by atoms with van der Waals surface area (Å²) in [5.41, 5.74) is 3.33.